The smallest absolute Gasteiger partial charge is 0.410 e. The summed E-state index contributed by atoms with van der Waals surface area (Å²) in [6.45, 7) is 0. The number of rotatable bonds is 1. The van der Waals surface area contributed by atoms with Crippen LogP contribution in [0.2, 0.25) is 0 Å². The van der Waals surface area contributed by atoms with Crippen LogP contribution in [0.5, 0.6) is 0 Å². The Morgan fingerprint density at radius 3 is 2.82 bits per heavy atom. The van der Waals surface area contributed by atoms with Gasteiger partial charge >= 0.3 is 6.09 Å². The van der Waals surface area contributed by atoms with Gasteiger partial charge in [0.25, 0.3) is 0 Å². The van der Waals surface area contributed by atoms with Gasteiger partial charge in [0.05, 0.1) is 0 Å². The van der Waals surface area contributed by atoms with E-state index in [-0.39, 0.29) is 0 Å². The number of hydrogen-bond acceptors (Lipinski definition) is 2. The predicted octanol–water partition coefficient (Wildman–Crippen LogP) is 1.93. The Hall–Kier alpha value is -1.10. The Balaban J connectivity index is 2.74. The fraction of sp³-hybridized carbons (Fsp3) is 0. The van der Waals surface area contributed by atoms with Crippen molar-refractivity contribution < 1.29 is 9.90 Å². The molecule has 0 unspecified atom stereocenters. The van der Waals surface area contributed by atoms with E-state index in [1.807, 2.05) is 0 Å². The molecule has 11 heavy (non-hydrogen) atoms. The molecule has 0 radical (unpaired) electrons. The molecular weight excluding hydrogens is 212 g/mol. The number of halogens is 1. The predicted molar refractivity (Wildman–Crippen MR) is 43.6 cm³/mol. The van der Waals surface area contributed by atoms with Gasteiger partial charge < -0.3 is 5.11 Å². The number of aromatic nitrogens is 1. The van der Waals surface area contributed by atoms with Gasteiger partial charge in [0, 0.05) is 10.7 Å². The first-order chi connectivity index (χ1) is 5.18. The van der Waals surface area contributed by atoms with Crippen LogP contribution in [0, 0.1) is 0 Å². The van der Waals surface area contributed by atoms with Crippen molar-refractivity contribution >= 4 is 27.8 Å². The molecule has 0 spiro atoms. The summed E-state index contributed by atoms with van der Waals surface area (Å²) in [5.74, 6) is 0.320. The lowest BCUT2D eigenvalue weighted by atomic mass is 10.5. The molecule has 0 atom stereocenters. The molecule has 0 aliphatic heterocycles. The van der Waals surface area contributed by atoms with Crippen LogP contribution in [0.25, 0.3) is 0 Å². The number of hydrogen-bond donors (Lipinski definition) is 2. The van der Waals surface area contributed by atoms with Crippen LogP contribution in [-0.4, -0.2) is 16.2 Å². The number of carbonyl (C=O) groups is 1. The van der Waals surface area contributed by atoms with E-state index in [0.29, 0.717) is 5.82 Å². The molecule has 1 heterocycles. The van der Waals surface area contributed by atoms with Gasteiger partial charge in [-0.1, -0.05) is 0 Å². The maximum absolute atomic E-state index is 10.1. The molecule has 0 bridgehead atoms. The molecule has 1 amide bonds. The van der Waals surface area contributed by atoms with Gasteiger partial charge in [-0.25, -0.2) is 9.78 Å². The SMILES string of the molecule is O=C(O)Nc1ccc(Br)cn1. The molecule has 1 rings (SSSR count). The highest BCUT2D eigenvalue weighted by atomic mass is 79.9. The molecule has 58 valence electrons. The second-order valence-corrected chi connectivity index (χ2v) is 2.71. The highest BCUT2D eigenvalue weighted by Gasteiger charge is 1.96. The van der Waals surface area contributed by atoms with E-state index in [2.05, 4.69) is 26.2 Å². The first-order valence-electron chi connectivity index (χ1n) is 2.80. The zero-order valence-corrected chi connectivity index (χ0v) is 7.00. The summed E-state index contributed by atoms with van der Waals surface area (Å²) in [5, 5.41) is 10.4. The van der Waals surface area contributed by atoms with E-state index in [1.165, 1.54) is 6.20 Å². The Bertz CT molecular complexity index is 260. The van der Waals surface area contributed by atoms with Crippen molar-refractivity contribution in [3.8, 4) is 0 Å². The molecule has 0 aliphatic rings. The zero-order valence-electron chi connectivity index (χ0n) is 5.41. The van der Waals surface area contributed by atoms with Crippen molar-refractivity contribution in [1.82, 2.24) is 4.98 Å². The quantitative estimate of drug-likeness (QED) is 0.755. The standard InChI is InChI=1S/C6H5BrN2O2/c7-4-1-2-5(8-3-4)9-6(10)11/h1-3H,(H,8,9)(H,10,11). The molecule has 0 saturated carbocycles. The van der Waals surface area contributed by atoms with E-state index in [0.717, 1.165) is 4.47 Å². The fourth-order valence-electron chi connectivity index (χ4n) is 0.559. The van der Waals surface area contributed by atoms with Crippen LogP contribution in [0.1, 0.15) is 0 Å². The minimum atomic E-state index is -1.11. The average Bonchev–Trinajstić information content (AvgIpc) is 1.93. The summed E-state index contributed by atoms with van der Waals surface area (Å²) in [6, 6.07) is 3.27. The van der Waals surface area contributed by atoms with E-state index in [9.17, 15) is 4.79 Å². The van der Waals surface area contributed by atoms with E-state index in [1.54, 1.807) is 12.1 Å². The summed E-state index contributed by atoms with van der Waals surface area (Å²) < 4.78 is 0.813. The number of anilines is 1. The van der Waals surface area contributed by atoms with E-state index < -0.39 is 6.09 Å². The van der Waals surface area contributed by atoms with Crippen molar-refractivity contribution in [1.29, 1.82) is 0 Å². The molecule has 0 fully saturated rings. The Morgan fingerprint density at radius 2 is 2.36 bits per heavy atom. The minimum Gasteiger partial charge on any atom is -0.465 e. The van der Waals surface area contributed by atoms with Crippen molar-refractivity contribution in [2.75, 3.05) is 5.32 Å². The van der Waals surface area contributed by atoms with Gasteiger partial charge in [0.15, 0.2) is 0 Å². The molecule has 0 aliphatic carbocycles. The topological polar surface area (TPSA) is 62.2 Å². The number of carboxylic acid groups (broad SMARTS) is 1. The second kappa shape index (κ2) is 3.34. The number of amides is 1. The first kappa shape index (κ1) is 8.00. The molecule has 1 aromatic heterocycles. The third-order valence-corrected chi connectivity index (χ3v) is 1.43. The first-order valence-corrected chi connectivity index (χ1v) is 3.59. The van der Waals surface area contributed by atoms with Crippen LogP contribution in [0.3, 0.4) is 0 Å². The summed E-state index contributed by atoms with van der Waals surface area (Å²) in [4.78, 5) is 13.9. The third-order valence-electron chi connectivity index (χ3n) is 0.962. The summed E-state index contributed by atoms with van der Waals surface area (Å²) in [6.07, 6.45) is 0.408. The van der Waals surface area contributed by atoms with Crippen molar-refractivity contribution in [2.24, 2.45) is 0 Å². The molecule has 5 heteroatoms. The molecule has 2 N–H and O–H groups in total. The second-order valence-electron chi connectivity index (χ2n) is 1.79. The maximum Gasteiger partial charge on any atom is 0.410 e. The van der Waals surface area contributed by atoms with Crippen molar-refractivity contribution in [3.63, 3.8) is 0 Å². The van der Waals surface area contributed by atoms with Crippen molar-refractivity contribution in [2.45, 2.75) is 0 Å². The van der Waals surface area contributed by atoms with Gasteiger partial charge in [0.2, 0.25) is 0 Å². The highest BCUT2D eigenvalue weighted by Crippen LogP contribution is 2.09. The number of pyridine rings is 1. The Kier molecular flexibility index (Phi) is 2.43. The molecule has 0 aromatic carbocycles. The minimum absolute atomic E-state index is 0.320. The van der Waals surface area contributed by atoms with Crippen LogP contribution in [-0.2, 0) is 0 Å². The van der Waals surface area contributed by atoms with Gasteiger partial charge in [-0.05, 0) is 28.1 Å². The van der Waals surface area contributed by atoms with Crippen molar-refractivity contribution in [3.05, 3.63) is 22.8 Å². The summed E-state index contributed by atoms with van der Waals surface area (Å²) >= 11 is 3.17. The normalized spacial score (nSPS) is 9.18. The van der Waals surface area contributed by atoms with Gasteiger partial charge in [0.1, 0.15) is 5.82 Å². The molecular formula is C6H5BrN2O2. The van der Waals surface area contributed by atoms with Crippen LogP contribution in [0.15, 0.2) is 22.8 Å². The average molecular weight is 217 g/mol. The van der Waals surface area contributed by atoms with Gasteiger partial charge in [-0.15, -0.1) is 0 Å². The Labute approximate surface area is 71.4 Å². The summed E-state index contributed by atoms with van der Waals surface area (Å²) in [7, 11) is 0. The van der Waals surface area contributed by atoms with E-state index in [4.69, 9.17) is 5.11 Å². The highest BCUT2D eigenvalue weighted by molar-refractivity contribution is 9.10. The lowest BCUT2D eigenvalue weighted by Crippen LogP contribution is -2.08. The van der Waals surface area contributed by atoms with Crippen LogP contribution < -0.4 is 5.32 Å². The van der Waals surface area contributed by atoms with Gasteiger partial charge in [-0.3, -0.25) is 5.32 Å². The molecule has 4 nitrogen and oxygen atoms in total. The van der Waals surface area contributed by atoms with Gasteiger partial charge in [-0.2, -0.15) is 0 Å². The maximum atomic E-state index is 10.1. The lowest BCUT2D eigenvalue weighted by Gasteiger charge is -1.97. The summed E-state index contributed by atoms with van der Waals surface area (Å²) in [5.41, 5.74) is 0. The third kappa shape index (κ3) is 2.55. The largest absolute Gasteiger partial charge is 0.465 e. The monoisotopic (exact) mass is 216 g/mol. The molecule has 1 aromatic rings. The lowest BCUT2D eigenvalue weighted by molar-refractivity contribution is 0.209. The van der Waals surface area contributed by atoms with Crippen LogP contribution >= 0.6 is 15.9 Å². The number of nitrogens with one attached hydrogen (secondary N) is 1. The zero-order chi connectivity index (χ0) is 8.27. The Morgan fingerprint density at radius 1 is 1.64 bits per heavy atom. The number of nitrogens with zero attached hydrogens (tertiary/aromatic N) is 1. The fourth-order valence-corrected chi connectivity index (χ4v) is 0.794. The van der Waals surface area contributed by atoms with Crippen LogP contribution in [0.4, 0.5) is 10.6 Å². The van der Waals surface area contributed by atoms with E-state index >= 15 is 0 Å². The molecule has 0 saturated heterocycles.